The maximum atomic E-state index is 6.18. The van der Waals surface area contributed by atoms with Crippen LogP contribution >= 0.6 is 23.2 Å². The highest BCUT2D eigenvalue weighted by Gasteiger charge is 2.51. The van der Waals surface area contributed by atoms with Gasteiger partial charge < -0.3 is 14.0 Å². The van der Waals surface area contributed by atoms with E-state index in [1.807, 2.05) is 58.0 Å². The second kappa shape index (κ2) is 6.84. The van der Waals surface area contributed by atoms with Gasteiger partial charge in [0.15, 0.2) is 0 Å². The van der Waals surface area contributed by atoms with Crippen molar-refractivity contribution in [3.8, 4) is 5.75 Å². The second-order valence-electron chi connectivity index (χ2n) is 7.19. The molecule has 0 aliphatic carbocycles. The summed E-state index contributed by atoms with van der Waals surface area (Å²) >= 11 is 12.2. The number of ether oxygens (including phenoxy) is 1. The van der Waals surface area contributed by atoms with Gasteiger partial charge in [-0.1, -0.05) is 35.3 Å². The molecule has 132 valence electrons. The minimum atomic E-state index is -0.414. The molecule has 2 aromatic rings. The van der Waals surface area contributed by atoms with Crippen LogP contribution in [0.25, 0.3) is 0 Å². The topological polar surface area (TPSA) is 27.7 Å². The Kier molecular flexibility index (Phi) is 5.09. The number of benzene rings is 2. The molecule has 0 amide bonds. The normalized spacial score (nSPS) is 18.4. The molecular formula is C19H21BCl2O3. The Bertz CT molecular complexity index is 761. The molecular weight excluding hydrogens is 358 g/mol. The van der Waals surface area contributed by atoms with Gasteiger partial charge in [-0.2, -0.15) is 0 Å². The van der Waals surface area contributed by atoms with Crippen molar-refractivity contribution in [3.05, 3.63) is 58.1 Å². The first-order chi connectivity index (χ1) is 11.7. The molecule has 3 rings (SSSR count). The Morgan fingerprint density at radius 3 is 2.32 bits per heavy atom. The average molecular weight is 379 g/mol. The predicted octanol–water partition coefficient (Wildman–Crippen LogP) is 4.87. The highest BCUT2D eigenvalue weighted by Crippen LogP contribution is 2.36. The van der Waals surface area contributed by atoms with E-state index in [1.54, 1.807) is 12.1 Å². The van der Waals surface area contributed by atoms with Gasteiger partial charge in [0.1, 0.15) is 12.4 Å². The molecule has 0 N–H and O–H groups in total. The molecule has 0 atom stereocenters. The number of hydrogen-bond donors (Lipinski definition) is 0. The molecule has 25 heavy (non-hydrogen) atoms. The number of hydrogen-bond acceptors (Lipinski definition) is 3. The van der Waals surface area contributed by atoms with Crippen LogP contribution in [0.2, 0.25) is 10.0 Å². The Morgan fingerprint density at radius 1 is 0.960 bits per heavy atom. The molecule has 0 aromatic heterocycles. The van der Waals surface area contributed by atoms with Crippen molar-refractivity contribution in [2.24, 2.45) is 0 Å². The van der Waals surface area contributed by atoms with Gasteiger partial charge in [-0.05, 0) is 63.5 Å². The Labute approximate surface area is 159 Å². The SMILES string of the molecule is CC1(C)OB(c2cccc(OCc3cc(Cl)ccc3Cl)c2)OC1(C)C. The molecule has 0 spiro atoms. The van der Waals surface area contributed by atoms with Gasteiger partial charge in [0.2, 0.25) is 0 Å². The first-order valence-electron chi connectivity index (χ1n) is 8.20. The van der Waals surface area contributed by atoms with Crippen LogP contribution in [0.15, 0.2) is 42.5 Å². The minimum Gasteiger partial charge on any atom is -0.489 e. The summed E-state index contributed by atoms with van der Waals surface area (Å²) in [5.41, 5.74) is 1.02. The van der Waals surface area contributed by atoms with Gasteiger partial charge in [0, 0.05) is 15.6 Å². The van der Waals surface area contributed by atoms with Crippen LogP contribution in [0.1, 0.15) is 33.3 Å². The first kappa shape index (κ1) is 18.6. The van der Waals surface area contributed by atoms with Crippen molar-refractivity contribution in [1.29, 1.82) is 0 Å². The summed E-state index contributed by atoms with van der Waals surface area (Å²) in [7, 11) is -0.414. The van der Waals surface area contributed by atoms with Crippen LogP contribution in [-0.4, -0.2) is 18.3 Å². The largest absolute Gasteiger partial charge is 0.494 e. The summed E-state index contributed by atoms with van der Waals surface area (Å²) in [5.74, 6) is 0.725. The molecule has 0 bridgehead atoms. The summed E-state index contributed by atoms with van der Waals surface area (Å²) < 4.78 is 18.1. The second-order valence-corrected chi connectivity index (χ2v) is 8.03. The Hall–Kier alpha value is -1.20. The molecule has 1 aliphatic heterocycles. The smallest absolute Gasteiger partial charge is 0.489 e. The third-order valence-electron chi connectivity index (χ3n) is 4.79. The monoisotopic (exact) mass is 378 g/mol. The van der Waals surface area contributed by atoms with E-state index in [4.69, 9.17) is 37.2 Å². The zero-order valence-corrected chi connectivity index (χ0v) is 16.3. The first-order valence-corrected chi connectivity index (χ1v) is 8.96. The quantitative estimate of drug-likeness (QED) is 0.710. The van der Waals surface area contributed by atoms with Crippen LogP contribution in [0, 0.1) is 0 Å². The third-order valence-corrected chi connectivity index (χ3v) is 5.39. The van der Waals surface area contributed by atoms with E-state index in [0.29, 0.717) is 16.7 Å². The summed E-state index contributed by atoms with van der Waals surface area (Å²) in [6, 6.07) is 13.1. The zero-order chi connectivity index (χ0) is 18.2. The molecule has 3 nitrogen and oxygen atoms in total. The lowest BCUT2D eigenvalue weighted by Gasteiger charge is -2.32. The standard InChI is InChI=1S/C19H21BCl2O3/c1-18(2)19(3,4)25-20(24-18)14-6-5-7-16(11-14)23-12-13-10-15(21)8-9-17(13)22/h5-11H,12H2,1-4H3. The maximum Gasteiger partial charge on any atom is 0.494 e. The zero-order valence-electron chi connectivity index (χ0n) is 14.8. The van der Waals surface area contributed by atoms with Crippen molar-refractivity contribution in [2.75, 3.05) is 0 Å². The van der Waals surface area contributed by atoms with Gasteiger partial charge in [-0.3, -0.25) is 0 Å². The summed E-state index contributed by atoms with van der Waals surface area (Å²) in [4.78, 5) is 0. The fourth-order valence-electron chi connectivity index (χ4n) is 2.55. The average Bonchev–Trinajstić information content (AvgIpc) is 2.77. The lowest BCUT2D eigenvalue weighted by atomic mass is 9.79. The fourth-order valence-corrected chi connectivity index (χ4v) is 2.91. The van der Waals surface area contributed by atoms with Crippen molar-refractivity contribution in [2.45, 2.75) is 45.5 Å². The maximum absolute atomic E-state index is 6.18. The van der Waals surface area contributed by atoms with Crippen LogP contribution < -0.4 is 10.2 Å². The summed E-state index contributed by atoms with van der Waals surface area (Å²) in [6.07, 6.45) is 0. The van der Waals surface area contributed by atoms with Crippen molar-refractivity contribution in [1.82, 2.24) is 0 Å². The Morgan fingerprint density at radius 2 is 1.64 bits per heavy atom. The molecule has 2 aromatic carbocycles. The molecule has 1 saturated heterocycles. The minimum absolute atomic E-state index is 0.339. The van der Waals surface area contributed by atoms with E-state index in [0.717, 1.165) is 16.8 Å². The molecule has 0 radical (unpaired) electrons. The van der Waals surface area contributed by atoms with Crippen molar-refractivity contribution in [3.63, 3.8) is 0 Å². The molecule has 1 fully saturated rings. The van der Waals surface area contributed by atoms with E-state index in [1.165, 1.54) is 0 Å². The number of halogens is 2. The van der Waals surface area contributed by atoms with E-state index >= 15 is 0 Å². The molecule has 6 heteroatoms. The van der Waals surface area contributed by atoms with Crippen LogP contribution in [-0.2, 0) is 15.9 Å². The van der Waals surface area contributed by atoms with Crippen molar-refractivity contribution < 1.29 is 14.0 Å². The summed E-state index contributed by atoms with van der Waals surface area (Å²) in [6.45, 7) is 8.48. The van der Waals surface area contributed by atoms with Crippen LogP contribution in [0.4, 0.5) is 0 Å². The predicted molar refractivity (Wildman–Crippen MR) is 103 cm³/mol. The molecule has 0 saturated carbocycles. The van der Waals surface area contributed by atoms with Crippen LogP contribution in [0.5, 0.6) is 5.75 Å². The Balaban J connectivity index is 1.73. The van der Waals surface area contributed by atoms with E-state index in [9.17, 15) is 0 Å². The van der Waals surface area contributed by atoms with Crippen LogP contribution in [0.3, 0.4) is 0 Å². The lowest BCUT2D eigenvalue weighted by Crippen LogP contribution is -2.41. The van der Waals surface area contributed by atoms with Crippen molar-refractivity contribution >= 4 is 35.8 Å². The van der Waals surface area contributed by atoms with Gasteiger partial charge in [0.05, 0.1) is 11.2 Å². The van der Waals surface area contributed by atoms with E-state index in [2.05, 4.69) is 0 Å². The summed E-state index contributed by atoms with van der Waals surface area (Å²) in [5, 5.41) is 1.26. The third kappa shape index (κ3) is 3.98. The van der Waals surface area contributed by atoms with Gasteiger partial charge >= 0.3 is 7.12 Å². The lowest BCUT2D eigenvalue weighted by molar-refractivity contribution is 0.00578. The van der Waals surface area contributed by atoms with Gasteiger partial charge in [-0.15, -0.1) is 0 Å². The number of rotatable bonds is 4. The van der Waals surface area contributed by atoms with Gasteiger partial charge in [0.25, 0.3) is 0 Å². The fraction of sp³-hybridized carbons (Fsp3) is 0.368. The highest BCUT2D eigenvalue weighted by atomic mass is 35.5. The van der Waals surface area contributed by atoms with E-state index < -0.39 is 7.12 Å². The van der Waals surface area contributed by atoms with E-state index in [-0.39, 0.29) is 11.2 Å². The highest BCUT2D eigenvalue weighted by molar-refractivity contribution is 6.62. The molecule has 0 unspecified atom stereocenters. The molecule has 1 aliphatic rings. The van der Waals surface area contributed by atoms with Gasteiger partial charge in [-0.25, -0.2) is 0 Å². The molecule has 1 heterocycles.